The normalized spacial score (nSPS) is 10.3. The Balaban J connectivity index is 2.16. The van der Waals surface area contributed by atoms with Crippen molar-refractivity contribution in [3.8, 4) is 5.75 Å². The fourth-order valence-corrected chi connectivity index (χ4v) is 1.95. The number of anilines is 2. The molecule has 2 aromatic rings. The largest absolute Gasteiger partial charge is 0.497 e. The number of methoxy groups -OCH3 is 1. The number of aryl methyl sites for hydroxylation is 1. The molecule has 0 spiro atoms. The van der Waals surface area contributed by atoms with E-state index < -0.39 is 0 Å². The first-order valence-corrected chi connectivity index (χ1v) is 6.49. The van der Waals surface area contributed by atoms with E-state index in [1.165, 1.54) is 0 Å². The van der Waals surface area contributed by atoms with Gasteiger partial charge in [0.1, 0.15) is 11.6 Å². The first kappa shape index (κ1) is 14.0. The standard InChI is InChI=1S/C14H19N5O/c1-4-12-9(2)13(19-14(15)18-12)17-8-10-7-11(20-3)5-6-16-10/h5-7H,4,8H2,1-3H3,(H3,15,17,18,19). The molecule has 20 heavy (non-hydrogen) atoms. The first-order chi connectivity index (χ1) is 9.63. The lowest BCUT2D eigenvalue weighted by molar-refractivity contribution is 0.413. The van der Waals surface area contributed by atoms with Gasteiger partial charge < -0.3 is 15.8 Å². The van der Waals surface area contributed by atoms with Crippen LogP contribution in [0.25, 0.3) is 0 Å². The second-order valence-corrected chi connectivity index (χ2v) is 4.40. The van der Waals surface area contributed by atoms with E-state index in [2.05, 4.69) is 20.3 Å². The fourth-order valence-electron chi connectivity index (χ4n) is 1.95. The molecule has 0 radical (unpaired) electrons. The van der Waals surface area contributed by atoms with E-state index in [1.807, 2.05) is 26.0 Å². The molecule has 0 atom stereocenters. The van der Waals surface area contributed by atoms with E-state index >= 15 is 0 Å². The summed E-state index contributed by atoms with van der Waals surface area (Å²) in [5.74, 6) is 1.82. The van der Waals surface area contributed by atoms with Gasteiger partial charge in [0.05, 0.1) is 25.0 Å². The molecule has 0 aliphatic rings. The van der Waals surface area contributed by atoms with Gasteiger partial charge in [-0.05, 0) is 19.4 Å². The first-order valence-electron chi connectivity index (χ1n) is 6.49. The van der Waals surface area contributed by atoms with Crippen LogP contribution in [0.15, 0.2) is 18.3 Å². The smallest absolute Gasteiger partial charge is 0.222 e. The summed E-state index contributed by atoms with van der Waals surface area (Å²) in [5, 5.41) is 3.25. The molecule has 2 heterocycles. The van der Waals surface area contributed by atoms with Gasteiger partial charge >= 0.3 is 0 Å². The molecule has 6 heteroatoms. The van der Waals surface area contributed by atoms with Gasteiger partial charge in [0, 0.05) is 17.8 Å². The number of hydrogen-bond acceptors (Lipinski definition) is 6. The van der Waals surface area contributed by atoms with Crippen LogP contribution < -0.4 is 15.8 Å². The van der Waals surface area contributed by atoms with Crippen molar-refractivity contribution >= 4 is 11.8 Å². The third-order valence-electron chi connectivity index (χ3n) is 3.06. The van der Waals surface area contributed by atoms with Gasteiger partial charge in [-0.15, -0.1) is 0 Å². The zero-order chi connectivity index (χ0) is 14.5. The lowest BCUT2D eigenvalue weighted by atomic mass is 10.2. The van der Waals surface area contributed by atoms with Crippen molar-refractivity contribution in [1.82, 2.24) is 15.0 Å². The number of nitrogens with zero attached hydrogens (tertiary/aromatic N) is 3. The molecule has 0 amide bonds. The molecule has 6 nitrogen and oxygen atoms in total. The molecule has 106 valence electrons. The van der Waals surface area contributed by atoms with Gasteiger partial charge in [-0.25, -0.2) is 4.98 Å². The maximum Gasteiger partial charge on any atom is 0.222 e. The molecule has 0 bridgehead atoms. The minimum Gasteiger partial charge on any atom is -0.497 e. The van der Waals surface area contributed by atoms with E-state index in [0.29, 0.717) is 6.54 Å². The number of nitrogens with one attached hydrogen (secondary N) is 1. The molecular weight excluding hydrogens is 254 g/mol. The van der Waals surface area contributed by atoms with Gasteiger partial charge in [-0.1, -0.05) is 6.92 Å². The van der Waals surface area contributed by atoms with E-state index in [1.54, 1.807) is 13.3 Å². The summed E-state index contributed by atoms with van der Waals surface area (Å²) in [4.78, 5) is 12.7. The zero-order valence-electron chi connectivity index (χ0n) is 12.0. The lowest BCUT2D eigenvalue weighted by Crippen LogP contribution is -2.10. The molecule has 0 saturated carbocycles. The molecule has 0 saturated heterocycles. The second-order valence-electron chi connectivity index (χ2n) is 4.40. The minimum absolute atomic E-state index is 0.286. The number of rotatable bonds is 5. The summed E-state index contributed by atoms with van der Waals surface area (Å²) in [5.41, 5.74) is 8.57. The highest BCUT2D eigenvalue weighted by Gasteiger charge is 2.08. The summed E-state index contributed by atoms with van der Waals surface area (Å²) in [7, 11) is 1.63. The third-order valence-corrected chi connectivity index (χ3v) is 3.06. The van der Waals surface area contributed by atoms with Crippen LogP contribution in [-0.2, 0) is 13.0 Å². The van der Waals surface area contributed by atoms with E-state index in [4.69, 9.17) is 10.5 Å². The van der Waals surface area contributed by atoms with Crippen molar-refractivity contribution in [2.24, 2.45) is 0 Å². The van der Waals surface area contributed by atoms with Crippen LogP contribution in [0.5, 0.6) is 5.75 Å². The van der Waals surface area contributed by atoms with Crippen LogP contribution in [0.4, 0.5) is 11.8 Å². The van der Waals surface area contributed by atoms with Gasteiger partial charge in [-0.3, -0.25) is 4.98 Å². The highest BCUT2D eigenvalue weighted by molar-refractivity contribution is 5.49. The Kier molecular flexibility index (Phi) is 4.34. The van der Waals surface area contributed by atoms with Gasteiger partial charge in [0.2, 0.25) is 5.95 Å². The van der Waals surface area contributed by atoms with E-state index in [0.717, 1.165) is 34.9 Å². The summed E-state index contributed by atoms with van der Waals surface area (Å²) >= 11 is 0. The van der Waals surface area contributed by atoms with E-state index in [-0.39, 0.29) is 5.95 Å². The molecule has 3 N–H and O–H groups in total. The number of nitrogens with two attached hydrogens (primary N) is 1. The summed E-state index contributed by atoms with van der Waals surface area (Å²) in [6.07, 6.45) is 2.54. The van der Waals surface area contributed by atoms with Crippen LogP contribution >= 0.6 is 0 Å². The van der Waals surface area contributed by atoms with Crippen LogP contribution in [0.2, 0.25) is 0 Å². The number of aromatic nitrogens is 3. The van der Waals surface area contributed by atoms with Crippen molar-refractivity contribution in [2.45, 2.75) is 26.8 Å². The predicted octanol–water partition coefficient (Wildman–Crippen LogP) is 1.95. The van der Waals surface area contributed by atoms with Gasteiger partial charge in [-0.2, -0.15) is 4.98 Å². The average Bonchev–Trinajstić information content (AvgIpc) is 2.48. The Morgan fingerprint density at radius 2 is 2.15 bits per heavy atom. The quantitative estimate of drug-likeness (QED) is 0.866. The Morgan fingerprint density at radius 1 is 1.35 bits per heavy atom. The van der Waals surface area contributed by atoms with Crippen molar-refractivity contribution in [3.63, 3.8) is 0 Å². The Hall–Kier alpha value is -2.37. The van der Waals surface area contributed by atoms with Crippen molar-refractivity contribution in [1.29, 1.82) is 0 Å². The molecule has 2 rings (SSSR count). The number of hydrogen-bond donors (Lipinski definition) is 2. The van der Waals surface area contributed by atoms with E-state index in [9.17, 15) is 0 Å². The summed E-state index contributed by atoms with van der Waals surface area (Å²) < 4.78 is 5.17. The zero-order valence-corrected chi connectivity index (χ0v) is 12.0. The molecule has 0 aliphatic heterocycles. The van der Waals surface area contributed by atoms with Crippen LogP contribution in [-0.4, -0.2) is 22.1 Å². The van der Waals surface area contributed by atoms with Crippen LogP contribution in [0, 0.1) is 6.92 Å². The predicted molar refractivity (Wildman–Crippen MR) is 78.7 cm³/mol. The highest BCUT2D eigenvalue weighted by atomic mass is 16.5. The van der Waals surface area contributed by atoms with Crippen LogP contribution in [0.3, 0.4) is 0 Å². The van der Waals surface area contributed by atoms with Crippen molar-refractivity contribution in [3.05, 3.63) is 35.3 Å². The Bertz CT molecular complexity index is 600. The van der Waals surface area contributed by atoms with Crippen LogP contribution in [0.1, 0.15) is 23.9 Å². The molecule has 0 fully saturated rings. The fraction of sp³-hybridized carbons (Fsp3) is 0.357. The summed E-state index contributed by atoms with van der Waals surface area (Å²) in [6, 6.07) is 3.69. The summed E-state index contributed by atoms with van der Waals surface area (Å²) in [6.45, 7) is 4.58. The maximum atomic E-state index is 5.72. The van der Waals surface area contributed by atoms with Crippen molar-refractivity contribution in [2.75, 3.05) is 18.2 Å². The second kappa shape index (κ2) is 6.18. The SMILES string of the molecule is CCc1nc(N)nc(NCc2cc(OC)ccn2)c1C. The number of ether oxygens (including phenoxy) is 1. The maximum absolute atomic E-state index is 5.72. The van der Waals surface area contributed by atoms with Crippen molar-refractivity contribution < 1.29 is 4.74 Å². The van der Waals surface area contributed by atoms with Gasteiger partial charge in [0.25, 0.3) is 0 Å². The number of pyridine rings is 1. The molecular formula is C14H19N5O. The molecule has 0 aliphatic carbocycles. The molecule has 0 aromatic carbocycles. The highest BCUT2D eigenvalue weighted by Crippen LogP contribution is 2.18. The Morgan fingerprint density at radius 3 is 2.85 bits per heavy atom. The third kappa shape index (κ3) is 3.14. The lowest BCUT2D eigenvalue weighted by Gasteiger charge is -2.12. The van der Waals surface area contributed by atoms with Gasteiger partial charge in [0.15, 0.2) is 0 Å². The monoisotopic (exact) mass is 273 g/mol. The number of nitrogen functional groups attached to an aromatic ring is 1. The molecule has 0 unspecified atom stereocenters. The average molecular weight is 273 g/mol. The Labute approximate surface area is 118 Å². The molecule has 2 aromatic heterocycles. The topological polar surface area (TPSA) is 86.0 Å². The minimum atomic E-state index is 0.286.